The lowest BCUT2D eigenvalue weighted by molar-refractivity contribution is 0.0480. The van der Waals surface area contributed by atoms with E-state index >= 15 is 0 Å². The lowest BCUT2D eigenvalue weighted by atomic mass is 10.0. The molecule has 1 unspecified atom stereocenters. The van der Waals surface area contributed by atoms with Crippen molar-refractivity contribution in [1.29, 1.82) is 0 Å². The van der Waals surface area contributed by atoms with Gasteiger partial charge in [0.25, 0.3) is 0 Å². The van der Waals surface area contributed by atoms with Crippen molar-refractivity contribution < 1.29 is 14.6 Å². The van der Waals surface area contributed by atoms with E-state index in [-0.39, 0.29) is 11.9 Å². The number of carbonyl (C=O) groups excluding carboxylic acids is 1. The molecule has 2 amide bonds. The largest absolute Gasteiger partial charge is 0.496 e. The summed E-state index contributed by atoms with van der Waals surface area (Å²) in [5, 5.41) is 12.8. The van der Waals surface area contributed by atoms with Gasteiger partial charge in [-0.3, -0.25) is 0 Å². The van der Waals surface area contributed by atoms with Crippen molar-refractivity contribution in [2.75, 3.05) is 26.7 Å². The predicted molar refractivity (Wildman–Crippen MR) is 88.4 cm³/mol. The summed E-state index contributed by atoms with van der Waals surface area (Å²) in [6.45, 7) is 8.71. The third-order valence-electron chi connectivity index (χ3n) is 3.48. The zero-order valence-electron chi connectivity index (χ0n) is 14.2. The molecule has 0 radical (unpaired) electrons. The number of nitrogens with zero attached hydrogens (tertiary/aromatic N) is 1. The van der Waals surface area contributed by atoms with Crippen molar-refractivity contribution in [3.8, 4) is 5.75 Å². The summed E-state index contributed by atoms with van der Waals surface area (Å²) in [5.41, 5.74) is 0.164. The minimum Gasteiger partial charge on any atom is -0.496 e. The van der Waals surface area contributed by atoms with Crippen LogP contribution in [0.15, 0.2) is 24.3 Å². The van der Waals surface area contributed by atoms with Crippen molar-refractivity contribution in [3.63, 3.8) is 0 Å². The minimum absolute atomic E-state index is 0.140. The van der Waals surface area contributed by atoms with Crippen LogP contribution in [0.3, 0.4) is 0 Å². The summed E-state index contributed by atoms with van der Waals surface area (Å²) in [7, 11) is 1.65. The fourth-order valence-electron chi connectivity index (χ4n) is 2.33. The second kappa shape index (κ2) is 8.03. The van der Waals surface area contributed by atoms with E-state index in [0.717, 1.165) is 11.3 Å². The Morgan fingerprint density at radius 2 is 2.05 bits per heavy atom. The highest BCUT2D eigenvalue weighted by Crippen LogP contribution is 2.25. The molecule has 22 heavy (non-hydrogen) atoms. The van der Waals surface area contributed by atoms with Gasteiger partial charge in [0.05, 0.1) is 19.3 Å². The number of rotatable bonds is 7. The van der Waals surface area contributed by atoms with E-state index in [9.17, 15) is 9.90 Å². The average Bonchev–Trinajstić information content (AvgIpc) is 2.48. The fraction of sp³-hybridized carbons (Fsp3) is 0.588. The van der Waals surface area contributed by atoms with Gasteiger partial charge >= 0.3 is 6.03 Å². The molecule has 0 aliphatic heterocycles. The quantitative estimate of drug-likeness (QED) is 0.814. The molecule has 5 heteroatoms. The molecule has 0 spiro atoms. The zero-order valence-corrected chi connectivity index (χ0v) is 14.2. The maximum atomic E-state index is 12.2. The molecule has 0 saturated heterocycles. The Morgan fingerprint density at radius 3 is 2.59 bits per heavy atom. The predicted octanol–water partition coefficient (Wildman–Crippen LogP) is 2.60. The number of benzene rings is 1. The number of ether oxygens (including phenoxy) is 1. The number of urea groups is 1. The number of likely N-dealkylation sites (N-methyl/N-ethyl adjacent to an activating group) is 1. The smallest absolute Gasteiger partial charge is 0.317 e. The van der Waals surface area contributed by atoms with Crippen LogP contribution in [0.5, 0.6) is 5.75 Å². The monoisotopic (exact) mass is 308 g/mol. The molecule has 0 saturated carbocycles. The van der Waals surface area contributed by atoms with Crippen LogP contribution in [0.1, 0.15) is 39.2 Å². The molecule has 0 aliphatic carbocycles. The molecule has 0 fully saturated rings. The van der Waals surface area contributed by atoms with Crippen LogP contribution in [0.4, 0.5) is 4.79 Å². The Kier molecular flexibility index (Phi) is 6.68. The number of hydrogen-bond donors (Lipinski definition) is 2. The SMILES string of the molecule is CCN(CC(C)(C)O)C(=O)NCC(C)c1ccccc1OC. The minimum atomic E-state index is -0.901. The van der Waals surface area contributed by atoms with Crippen LogP contribution in [0.2, 0.25) is 0 Å². The number of aliphatic hydroxyl groups is 1. The lowest BCUT2D eigenvalue weighted by Crippen LogP contribution is -2.47. The molecule has 5 nitrogen and oxygen atoms in total. The molecule has 0 bridgehead atoms. The Labute approximate surface area is 133 Å². The second-order valence-electron chi connectivity index (χ2n) is 6.16. The summed E-state index contributed by atoms with van der Waals surface area (Å²) in [6, 6.07) is 7.65. The summed E-state index contributed by atoms with van der Waals surface area (Å²) >= 11 is 0. The van der Waals surface area contributed by atoms with Crippen molar-refractivity contribution in [2.45, 2.75) is 39.2 Å². The van der Waals surface area contributed by atoms with Gasteiger partial charge in [0.15, 0.2) is 0 Å². The normalized spacial score (nSPS) is 12.6. The van der Waals surface area contributed by atoms with E-state index in [4.69, 9.17) is 4.74 Å². The number of nitrogens with one attached hydrogen (secondary N) is 1. The van der Waals surface area contributed by atoms with Gasteiger partial charge < -0.3 is 20.1 Å². The van der Waals surface area contributed by atoms with Gasteiger partial charge in [-0.25, -0.2) is 4.79 Å². The van der Waals surface area contributed by atoms with Crippen molar-refractivity contribution in [1.82, 2.24) is 10.2 Å². The molecular formula is C17H28N2O3. The molecule has 0 aliphatic rings. The van der Waals surface area contributed by atoms with Crippen LogP contribution in [0, 0.1) is 0 Å². The first-order valence-corrected chi connectivity index (χ1v) is 7.66. The zero-order chi connectivity index (χ0) is 16.8. The van der Waals surface area contributed by atoms with Crippen molar-refractivity contribution >= 4 is 6.03 Å². The molecular weight excluding hydrogens is 280 g/mol. The van der Waals surface area contributed by atoms with Crippen LogP contribution in [-0.2, 0) is 0 Å². The Morgan fingerprint density at radius 1 is 1.41 bits per heavy atom. The van der Waals surface area contributed by atoms with Crippen molar-refractivity contribution in [2.24, 2.45) is 0 Å². The summed E-state index contributed by atoms with van der Waals surface area (Å²) < 4.78 is 5.35. The summed E-state index contributed by atoms with van der Waals surface area (Å²) in [6.07, 6.45) is 0. The van der Waals surface area contributed by atoms with Crippen molar-refractivity contribution in [3.05, 3.63) is 29.8 Å². The summed E-state index contributed by atoms with van der Waals surface area (Å²) in [4.78, 5) is 13.8. The van der Waals surface area contributed by atoms with Gasteiger partial charge in [-0.2, -0.15) is 0 Å². The topological polar surface area (TPSA) is 61.8 Å². The molecule has 1 aromatic carbocycles. The molecule has 124 valence electrons. The molecule has 1 atom stereocenters. The maximum Gasteiger partial charge on any atom is 0.317 e. The summed E-state index contributed by atoms with van der Waals surface area (Å²) in [5.74, 6) is 0.967. The lowest BCUT2D eigenvalue weighted by Gasteiger charge is -2.28. The average molecular weight is 308 g/mol. The third-order valence-corrected chi connectivity index (χ3v) is 3.48. The van der Waals surface area contributed by atoms with Gasteiger partial charge in [0.2, 0.25) is 0 Å². The highest BCUT2D eigenvalue weighted by atomic mass is 16.5. The van der Waals surface area contributed by atoms with Crippen LogP contribution < -0.4 is 10.1 Å². The van der Waals surface area contributed by atoms with Gasteiger partial charge in [0, 0.05) is 19.0 Å². The maximum absolute atomic E-state index is 12.2. The van der Waals surface area contributed by atoms with Gasteiger partial charge in [-0.1, -0.05) is 25.1 Å². The second-order valence-corrected chi connectivity index (χ2v) is 6.16. The molecule has 2 N–H and O–H groups in total. The molecule has 0 heterocycles. The molecule has 1 rings (SSSR count). The Balaban J connectivity index is 2.62. The molecule has 1 aromatic rings. The van der Waals surface area contributed by atoms with E-state index in [1.165, 1.54) is 0 Å². The van der Waals surface area contributed by atoms with E-state index in [1.807, 2.05) is 38.1 Å². The van der Waals surface area contributed by atoms with Crippen LogP contribution >= 0.6 is 0 Å². The first kappa shape index (κ1) is 18.3. The first-order valence-electron chi connectivity index (χ1n) is 7.66. The van der Waals surface area contributed by atoms with E-state index in [2.05, 4.69) is 5.32 Å². The number of methoxy groups -OCH3 is 1. The van der Waals surface area contributed by atoms with E-state index in [1.54, 1.807) is 25.9 Å². The molecule has 0 aromatic heterocycles. The van der Waals surface area contributed by atoms with E-state index < -0.39 is 5.60 Å². The highest BCUT2D eigenvalue weighted by Gasteiger charge is 2.21. The number of hydrogen-bond acceptors (Lipinski definition) is 3. The highest BCUT2D eigenvalue weighted by molar-refractivity contribution is 5.74. The van der Waals surface area contributed by atoms with Gasteiger partial charge in [-0.15, -0.1) is 0 Å². The van der Waals surface area contributed by atoms with Gasteiger partial charge in [-0.05, 0) is 32.4 Å². The Hall–Kier alpha value is -1.75. The third kappa shape index (κ3) is 5.56. The van der Waals surface area contributed by atoms with Crippen LogP contribution in [-0.4, -0.2) is 48.4 Å². The van der Waals surface area contributed by atoms with E-state index in [0.29, 0.717) is 19.6 Å². The fourth-order valence-corrected chi connectivity index (χ4v) is 2.33. The number of carbonyl (C=O) groups is 1. The van der Waals surface area contributed by atoms with Crippen LogP contribution in [0.25, 0.3) is 0 Å². The van der Waals surface area contributed by atoms with Gasteiger partial charge in [0.1, 0.15) is 5.75 Å². The number of amides is 2. The Bertz CT molecular complexity index is 483. The first-order chi connectivity index (χ1) is 10.3. The number of para-hydroxylation sites is 1. The standard InChI is InChI=1S/C17H28N2O3/c1-6-19(12-17(3,4)21)16(20)18-11-13(2)14-9-7-8-10-15(14)22-5/h7-10,13,21H,6,11-12H2,1-5H3,(H,18,20).